The van der Waals surface area contributed by atoms with Crippen molar-refractivity contribution >= 4 is 11.3 Å². The number of hydrogen-bond donors (Lipinski definition) is 1. The van der Waals surface area contributed by atoms with E-state index in [4.69, 9.17) is 5.11 Å². The standard InChI is InChI=1S/C11H20N2OS/c1-9(2)13(5-4-6-14)7-11-8-15-10(3)12-11/h8-9,14H,4-7H2,1-3H3. The lowest BCUT2D eigenvalue weighted by Gasteiger charge is -2.25. The first-order valence-electron chi connectivity index (χ1n) is 5.39. The minimum Gasteiger partial charge on any atom is -0.396 e. The van der Waals surface area contributed by atoms with Gasteiger partial charge < -0.3 is 5.11 Å². The van der Waals surface area contributed by atoms with Crippen molar-refractivity contribution in [3.05, 3.63) is 16.1 Å². The molecule has 1 heterocycles. The Morgan fingerprint density at radius 3 is 2.73 bits per heavy atom. The second kappa shape index (κ2) is 6.20. The maximum absolute atomic E-state index is 8.83. The van der Waals surface area contributed by atoms with Gasteiger partial charge in [-0.3, -0.25) is 4.90 Å². The molecule has 15 heavy (non-hydrogen) atoms. The molecule has 0 amide bonds. The summed E-state index contributed by atoms with van der Waals surface area (Å²) in [6.07, 6.45) is 0.835. The molecule has 1 aromatic heterocycles. The summed E-state index contributed by atoms with van der Waals surface area (Å²) < 4.78 is 0. The molecule has 0 bridgehead atoms. The Balaban J connectivity index is 2.50. The van der Waals surface area contributed by atoms with Crippen LogP contribution in [0, 0.1) is 6.92 Å². The van der Waals surface area contributed by atoms with Crippen LogP contribution in [0.3, 0.4) is 0 Å². The molecule has 86 valence electrons. The van der Waals surface area contributed by atoms with E-state index in [9.17, 15) is 0 Å². The smallest absolute Gasteiger partial charge is 0.0897 e. The van der Waals surface area contributed by atoms with Gasteiger partial charge in [0, 0.05) is 31.1 Å². The maximum Gasteiger partial charge on any atom is 0.0897 e. The van der Waals surface area contributed by atoms with E-state index >= 15 is 0 Å². The second-order valence-corrected chi connectivity index (χ2v) is 5.06. The van der Waals surface area contributed by atoms with Gasteiger partial charge in [-0.25, -0.2) is 4.98 Å². The fourth-order valence-corrected chi connectivity index (χ4v) is 2.09. The van der Waals surface area contributed by atoms with Crippen molar-refractivity contribution in [2.75, 3.05) is 13.2 Å². The first-order chi connectivity index (χ1) is 7.13. The van der Waals surface area contributed by atoms with E-state index in [1.807, 2.05) is 6.92 Å². The summed E-state index contributed by atoms with van der Waals surface area (Å²) in [7, 11) is 0. The van der Waals surface area contributed by atoms with Gasteiger partial charge in [0.2, 0.25) is 0 Å². The predicted octanol–water partition coefficient (Wildman–Crippen LogP) is 2.04. The lowest BCUT2D eigenvalue weighted by Crippen LogP contribution is -2.31. The first-order valence-corrected chi connectivity index (χ1v) is 6.27. The average Bonchev–Trinajstić information content (AvgIpc) is 2.58. The Labute approximate surface area is 95.8 Å². The molecule has 0 saturated carbocycles. The van der Waals surface area contributed by atoms with Crippen molar-refractivity contribution in [1.82, 2.24) is 9.88 Å². The van der Waals surface area contributed by atoms with Crippen LogP contribution in [0.15, 0.2) is 5.38 Å². The van der Waals surface area contributed by atoms with E-state index in [0.29, 0.717) is 6.04 Å². The Morgan fingerprint density at radius 2 is 2.27 bits per heavy atom. The van der Waals surface area contributed by atoms with Crippen LogP contribution in [0.4, 0.5) is 0 Å². The van der Waals surface area contributed by atoms with Crippen molar-refractivity contribution < 1.29 is 5.11 Å². The summed E-state index contributed by atoms with van der Waals surface area (Å²) in [4.78, 5) is 6.79. The van der Waals surface area contributed by atoms with E-state index in [-0.39, 0.29) is 6.61 Å². The molecular formula is C11H20N2OS. The van der Waals surface area contributed by atoms with Crippen LogP contribution >= 0.6 is 11.3 Å². The van der Waals surface area contributed by atoms with E-state index in [0.717, 1.165) is 30.2 Å². The number of aliphatic hydroxyl groups is 1. The number of aliphatic hydroxyl groups excluding tert-OH is 1. The molecule has 0 aromatic carbocycles. The molecule has 0 aliphatic heterocycles. The molecule has 0 fully saturated rings. The van der Waals surface area contributed by atoms with E-state index in [1.54, 1.807) is 11.3 Å². The number of nitrogens with zero attached hydrogens (tertiary/aromatic N) is 2. The highest BCUT2D eigenvalue weighted by Crippen LogP contribution is 2.12. The van der Waals surface area contributed by atoms with Crippen LogP contribution in [0.5, 0.6) is 0 Å². The molecule has 0 spiro atoms. The predicted molar refractivity (Wildman–Crippen MR) is 64.1 cm³/mol. The summed E-state index contributed by atoms with van der Waals surface area (Å²) in [5.74, 6) is 0. The van der Waals surface area contributed by atoms with Crippen molar-refractivity contribution in [3.8, 4) is 0 Å². The SMILES string of the molecule is Cc1nc(CN(CCCO)C(C)C)cs1. The highest BCUT2D eigenvalue weighted by Gasteiger charge is 2.10. The normalized spacial score (nSPS) is 11.6. The Kier molecular flexibility index (Phi) is 5.22. The summed E-state index contributed by atoms with van der Waals surface area (Å²) in [5, 5.41) is 12.1. The Bertz CT molecular complexity index is 286. The van der Waals surface area contributed by atoms with Gasteiger partial charge in [0.05, 0.1) is 10.7 Å². The Hall–Kier alpha value is -0.450. The quantitative estimate of drug-likeness (QED) is 0.809. The Morgan fingerprint density at radius 1 is 1.53 bits per heavy atom. The summed E-state index contributed by atoms with van der Waals surface area (Å²) >= 11 is 1.69. The zero-order chi connectivity index (χ0) is 11.3. The van der Waals surface area contributed by atoms with E-state index in [1.165, 1.54) is 0 Å². The van der Waals surface area contributed by atoms with Crippen LogP contribution in [0.2, 0.25) is 0 Å². The molecule has 1 rings (SSSR count). The van der Waals surface area contributed by atoms with Crippen LogP contribution < -0.4 is 0 Å². The number of rotatable bonds is 6. The summed E-state index contributed by atoms with van der Waals surface area (Å²) in [5.41, 5.74) is 1.14. The zero-order valence-electron chi connectivity index (χ0n) is 9.73. The molecule has 0 saturated heterocycles. The molecule has 3 nitrogen and oxygen atoms in total. The molecule has 0 aliphatic rings. The van der Waals surface area contributed by atoms with Gasteiger partial charge in [0.15, 0.2) is 0 Å². The van der Waals surface area contributed by atoms with E-state index in [2.05, 4.69) is 29.1 Å². The third kappa shape index (κ3) is 4.28. The van der Waals surface area contributed by atoms with Gasteiger partial charge in [-0.2, -0.15) is 0 Å². The molecule has 0 unspecified atom stereocenters. The number of thiazole rings is 1. The van der Waals surface area contributed by atoms with Crippen molar-refractivity contribution in [3.63, 3.8) is 0 Å². The van der Waals surface area contributed by atoms with Crippen molar-refractivity contribution in [1.29, 1.82) is 0 Å². The van der Waals surface area contributed by atoms with E-state index < -0.39 is 0 Å². The molecule has 0 atom stereocenters. The fourth-order valence-electron chi connectivity index (χ4n) is 1.48. The summed E-state index contributed by atoms with van der Waals surface area (Å²) in [6.45, 7) is 8.47. The molecule has 1 N–H and O–H groups in total. The van der Waals surface area contributed by atoms with Crippen LogP contribution in [0.1, 0.15) is 31.0 Å². The lowest BCUT2D eigenvalue weighted by molar-refractivity contribution is 0.183. The minimum atomic E-state index is 0.263. The largest absolute Gasteiger partial charge is 0.396 e. The van der Waals surface area contributed by atoms with Crippen molar-refractivity contribution in [2.24, 2.45) is 0 Å². The van der Waals surface area contributed by atoms with Crippen LogP contribution in [-0.2, 0) is 6.54 Å². The average molecular weight is 228 g/mol. The van der Waals surface area contributed by atoms with Gasteiger partial charge in [-0.15, -0.1) is 11.3 Å². The first kappa shape index (κ1) is 12.6. The molecular weight excluding hydrogens is 208 g/mol. The molecule has 0 aliphatic carbocycles. The van der Waals surface area contributed by atoms with Crippen molar-refractivity contribution in [2.45, 2.75) is 39.8 Å². The topological polar surface area (TPSA) is 36.4 Å². The van der Waals surface area contributed by atoms with Gasteiger partial charge in [0.1, 0.15) is 0 Å². The molecule has 0 radical (unpaired) electrons. The van der Waals surface area contributed by atoms with Crippen LogP contribution in [-0.4, -0.2) is 34.2 Å². The van der Waals surface area contributed by atoms with Gasteiger partial charge >= 0.3 is 0 Å². The lowest BCUT2D eigenvalue weighted by atomic mass is 10.2. The van der Waals surface area contributed by atoms with Gasteiger partial charge in [0.25, 0.3) is 0 Å². The monoisotopic (exact) mass is 228 g/mol. The highest BCUT2D eigenvalue weighted by atomic mass is 32.1. The second-order valence-electron chi connectivity index (χ2n) is 4.00. The summed E-state index contributed by atoms with van der Waals surface area (Å²) in [6, 6.07) is 0.499. The molecule has 4 heteroatoms. The molecule has 1 aromatic rings. The highest BCUT2D eigenvalue weighted by molar-refractivity contribution is 7.09. The third-order valence-electron chi connectivity index (χ3n) is 2.37. The fraction of sp³-hybridized carbons (Fsp3) is 0.727. The minimum absolute atomic E-state index is 0.263. The van der Waals surface area contributed by atoms with Gasteiger partial charge in [-0.05, 0) is 27.2 Å². The number of aryl methyl sites for hydroxylation is 1. The maximum atomic E-state index is 8.83. The number of hydrogen-bond acceptors (Lipinski definition) is 4. The third-order valence-corrected chi connectivity index (χ3v) is 3.19. The zero-order valence-corrected chi connectivity index (χ0v) is 10.5. The van der Waals surface area contributed by atoms with Gasteiger partial charge in [-0.1, -0.05) is 0 Å². The van der Waals surface area contributed by atoms with Crippen LogP contribution in [0.25, 0.3) is 0 Å². The number of aromatic nitrogens is 1.